The van der Waals surface area contributed by atoms with E-state index in [4.69, 9.17) is 0 Å². The number of nitrogens with zero attached hydrogens (tertiary/aromatic N) is 2. The zero-order chi connectivity index (χ0) is 16.8. The van der Waals surface area contributed by atoms with E-state index in [-0.39, 0.29) is 24.0 Å². The Morgan fingerprint density at radius 1 is 1.25 bits per heavy atom. The Kier molecular flexibility index (Phi) is 9.22. The molecule has 0 saturated carbocycles. The van der Waals surface area contributed by atoms with Crippen molar-refractivity contribution >= 4 is 57.2 Å². The van der Waals surface area contributed by atoms with Crippen LogP contribution in [0.3, 0.4) is 0 Å². The molecule has 0 aliphatic heterocycles. The highest BCUT2D eigenvalue weighted by molar-refractivity contribution is 14.0. The lowest BCUT2D eigenvalue weighted by Gasteiger charge is -2.13. The lowest BCUT2D eigenvalue weighted by atomic mass is 10.1. The number of benzene rings is 1. The first-order chi connectivity index (χ1) is 11.0. The van der Waals surface area contributed by atoms with Gasteiger partial charge in [-0.25, -0.2) is 4.98 Å². The summed E-state index contributed by atoms with van der Waals surface area (Å²) >= 11 is 5.26. The standard InChI is InChI=1S/C17H23BrN4S.HI/c1-11-9-15(18)6-5-14(11)10-21-17(19-4)20-8-7-16-22-12(2)13(3)23-16;/h5-6,9H,7-8,10H2,1-4H3,(H2,19,20,21);1H. The predicted molar refractivity (Wildman–Crippen MR) is 118 cm³/mol. The number of rotatable bonds is 5. The summed E-state index contributed by atoms with van der Waals surface area (Å²) in [5, 5.41) is 7.87. The van der Waals surface area contributed by atoms with Crippen molar-refractivity contribution in [2.75, 3.05) is 13.6 Å². The molecular weight excluding hydrogens is 499 g/mol. The van der Waals surface area contributed by atoms with Crippen molar-refractivity contribution in [3.63, 3.8) is 0 Å². The number of hydrogen-bond donors (Lipinski definition) is 2. The molecule has 0 fully saturated rings. The van der Waals surface area contributed by atoms with Gasteiger partial charge in [0.2, 0.25) is 0 Å². The average Bonchev–Trinajstić information content (AvgIpc) is 2.82. The minimum atomic E-state index is 0. The summed E-state index contributed by atoms with van der Waals surface area (Å²) in [5.41, 5.74) is 3.66. The minimum Gasteiger partial charge on any atom is -0.356 e. The molecule has 1 aromatic heterocycles. The molecule has 24 heavy (non-hydrogen) atoms. The van der Waals surface area contributed by atoms with Gasteiger partial charge in [0, 0.05) is 35.9 Å². The monoisotopic (exact) mass is 522 g/mol. The maximum atomic E-state index is 4.56. The molecule has 132 valence electrons. The third-order valence-corrected chi connectivity index (χ3v) is 5.30. The Labute approximate surface area is 173 Å². The van der Waals surface area contributed by atoms with Crippen molar-refractivity contribution in [2.24, 2.45) is 4.99 Å². The first kappa shape index (κ1) is 21.4. The molecule has 0 bridgehead atoms. The lowest BCUT2D eigenvalue weighted by molar-refractivity contribution is 0.789. The van der Waals surface area contributed by atoms with Gasteiger partial charge in [0.25, 0.3) is 0 Å². The molecule has 0 aliphatic rings. The maximum absolute atomic E-state index is 4.56. The quantitative estimate of drug-likeness (QED) is 0.348. The van der Waals surface area contributed by atoms with Crippen molar-refractivity contribution in [1.82, 2.24) is 15.6 Å². The third-order valence-electron chi connectivity index (χ3n) is 3.68. The van der Waals surface area contributed by atoms with Gasteiger partial charge >= 0.3 is 0 Å². The van der Waals surface area contributed by atoms with Crippen molar-refractivity contribution in [3.8, 4) is 0 Å². The summed E-state index contributed by atoms with van der Waals surface area (Å²) in [6, 6.07) is 6.31. The predicted octanol–water partition coefficient (Wildman–Crippen LogP) is 4.36. The molecule has 0 atom stereocenters. The summed E-state index contributed by atoms with van der Waals surface area (Å²) in [6.07, 6.45) is 0.914. The van der Waals surface area contributed by atoms with Crippen LogP contribution in [0, 0.1) is 20.8 Å². The first-order valence-corrected chi connectivity index (χ1v) is 9.23. The Morgan fingerprint density at radius 3 is 2.58 bits per heavy atom. The number of nitrogens with one attached hydrogen (secondary N) is 2. The molecule has 4 nitrogen and oxygen atoms in total. The zero-order valence-corrected chi connectivity index (χ0v) is 19.2. The number of aryl methyl sites for hydroxylation is 3. The van der Waals surface area contributed by atoms with Crippen LogP contribution < -0.4 is 10.6 Å². The van der Waals surface area contributed by atoms with Gasteiger partial charge in [0.15, 0.2) is 5.96 Å². The van der Waals surface area contributed by atoms with E-state index in [9.17, 15) is 0 Å². The van der Waals surface area contributed by atoms with Crippen LogP contribution in [-0.2, 0) is 13.0 Å². The van der Waals surface area contributed by atoms with Gasteiger partial charge in [-0.2, -0.15) is 0 Å². The minimum absolute atomic E-state index is 0. The Balaban J connectivity index is 0.00000288. The van der Waals surface area contributed by atoms with Crippen LogP contribution in [0.1, 0.15) is 26.7 Å². The van der Waals surface area contributed by atoms with Gasteiger partial charge < -0.3 is 10.6 Å². The number of thiazole rings is 1. The molecule has 0 unspecified atom stereocenters. The van der Waals surface area contributed by atoms with Crippen molar-refractivity contribution in [1.29, 1.82) is 0 Å². The van der Waals surface area contributed by atoms with Crippen LogP contribution in [0.25, 0.3) is 0 Å². The number of halogens is 2. The van der Waals surface area contributed by atoms with Gasteiger partial charge in [-0.05, 0) is 44.0 Å². The normalized spacial score (nSPS) is 11.1. The van der Waals surface area contributed by atoms with Gasteiger partial charge in [0.05, 0.1) is 10.7 Å². The largest absolute Gasteiger partial charge is 0.356 e. The fraction of sp³-hybridized carbons (Fsp3) is 0.412. The van der Waals surface area contributed by atoms with Crippen LogP contribution in [-0.4, -0.2) is 24.5 Å². The molecule has 2 N–H and O–H groups in total. The van der Waals surface area contributed by atoms with E-state index in [1.54, 1.807) is 18.4 Å². The maximum Gasteiger partial charge on any atom is 0.191 e. The van der Waals surface area contributed by atoms with Crippen LogP contribution in [0.15, 0.2) is 27.7 Å². The summed E-state index contributed by atoms with van der Waals surface area (Å²) in [5.74, 6) is 0.817. The highest BCUT2D eigenvalue weighted by Crippen LogP contribution is 2.17. The van der Waals surface area contributed by atoms with Crippen LogP contribution in [0.5, 0.6) is 0 Å². The van der Waals surface area contributed by atoms with Gasteiger partial charge in [-0.15, -0.1) is 35.3 Å². The van der Waals surface area contributed by atoms with Gasteiger partial charge in [-0.1, -0.05) is 22.0 Å². The van der Waals surface area contributed by atoms with E-state index < -0.39 is 0 Å². The van der Waals surface area contributed by atoms with Crippen LogP contribution in [0.4, 0.5) is 0 Å². The molecule has 2 rings (SSSR count). The molecule has 7 heteroatoms. The summed E-state index contributed by atoms with van der Waals surface area (Å²) in [6.45, 7) is 7.87. The van der Waals surface area contributed by atoms with Crippen molar-refractivity contribution < 1.29 is 0 Å². The zero-order valence-electron chi connectivity index (χ0n) is 14.4. The molecule has 0 aliphatic carbocycles. The summed E-state index contributed by atoms with van der Waals surface area (Å²) in [7, 11) is 1.79. The van der Waals surface area contributed by atoms with Gasteiger partial charge in [-0.3, -0.25) is 4.99 Å². The van der Waals surface area contributed by atoms with Crippen LogP contribution in [0.2, 0.25) is 0 Å². The van der Waals surface area contributed by atoms with E-state index in [1.807, 2.05) is 0 Å². The van der Waals surface area contributed by atoms with Crippen molar-refractivity contribution in [2.45, 2.75) is 33.7 Å². The Bertz CT molecular complexity index is 680. The fourth-order valence-electron chi connectivity index (χ4n) is 2.19. The summed E-state index contributed by atoms with van der Waals surface area (Å²) < 4.78 is 1.11. The third kappa shape index (κ3) is 6.33. The second-order valence-corrected chi connectivity index (χ2v) is 7.63. The molecule has 2 aromatic rings. The van der Waals surface area contributed by atoms with E-state index >= 15 is 0 Å². The second-order valence-electron chi connectivity index (χ2n) is 5.42. The molecule has 1 aromatic carbocycles. The highest BCUT2D eigenvalue weighted by atomic mass is 127. The van der Waals surface area contributed by atoms with E-state index in [1.165, 1.54) is 21.0 Å². The van der Waals surface area contributed by atoms with Crippen molar-refractivity contribution in [3.05, 3.63) is 49.4 Å². The molecule has 0 amide bonds. The highest BCUT2D eigenvalue weighted by Gasteiger charge is 2.05. The number of hydrogen-bond acceptors (Lipinski definition) is 3. The number of aliphatic imine (C=N–C) groups is 1. The smallest absolute Gasteiger partial charge is 0.191 e. The molecule has 1 heterocycles. The Morgan fingerprint density at radius 2 is 2.00 bits per heavy atom. The average molecular weight is 523 g/mol. The SMILES string of the molecule is CN=C(NCCc1nc(C)c(C)s1)NCc1ccc(Br)cc1C.I. The first-order valence-electron chi connectivity index (χ1n) is 7.62. The molecule has 0 radical (unpaired) electrons. The number of guanidine groups is 1. The fourth-order valence-corrected chi connectivity index (χ4v) is 3.60. The lowest BCUT2D eigenvalue weighted by Crippen LogP contribution is -2.38. The molecule has 0 saturated heterocycles. The second kappa shape index (κ2) is 10.4. The van der Waals surface area contributed by atoms with E-state index in [2.05, 4.69) is 75.5 Å². The molecular formula is C17H24BrIN4S. The van der Waals surface area contributed by atoms with Gasteiger partial charge in [0.1, 0.15) is 0 Å². The number of aromatic nitrogens is 1. The summed E-state index contributed by atoms with van der Waals surface area (Å²) in [4.78, 5) is 10.1. The molecule has 0 spiro atoms. The van der Waals surface area contributed by atoms with E-state index in [0.717, 1.165) is 35.6 Å². The van der Waals surface area contributed by atoms with E-state index in [0.29, 0.717) is 0 Å². The topological polar surface area (TPSA) is 49.3 Å². The Hall–Kier alpha value is -0.670. The van der Waals surface area contributed by atoms with Crippen LogP contribution >= 0.6 is 51.2 Å².